The van der Waals surface area contributed by atoms with Crippen molar-refractivity contribution in [2.45, 2.75) is 45.6 Å². The Morgan fingerprint density at radius 1 is 1.09 bits per heavy atom. The van der Waals surface area contributed by atoms with Crippen LogP contribution in [0.1, 0.15) is 37.3 Å². The van der Waals surface area contributed by atoms with Crippen LogP contribution in [0.25, 0.3) is 11.4 Å². The van der Waals surface area contributed by atoms with Crippen molar-refractivity contribution in [1.29, 1.82) is 0 Å². The molecule has 166 valence electrons. The standard InChI is InChI=1S/C27H32N4O/c1-20-7-6-10-24(19-20)26-28-16-13-25(30-26)31-17-14-23(15-18-31)27(32)29-21(2)11-12-22-8-4-3-5-9-22/h3-10,13,16,19,21,23H,11-12,14-15,17-18H2,1-2H3,(H,29,32). The number of aromatic nitrogens is 2. The van der Waals surface area contributed by atoms with Gasteiger partial charge in [-0.2, -0.15) is 0 Å². The summed E-state index contributed by atoms with van der Waals surface area (Å²) in [5.74, 6) is 1.95. The largest absolute Gasteiger partial charge is 0.356 e. The monoisotopic (exact) mass is 428 g/mol. The molecule has 32 heavy (non-hydrogen) atoms. The summed E-state index contributed by atoms with van der Waals surface area (Å²) in [5, 5.41) is 3.23. The summed E-state index contributed by atoms with van der Waals surface area (Å²) < 4.78 is 0. The van der Waals surface area contributed by atoms with Crippen molar-refractivity contribution in [1.82, 2.24) is 15.3 Å². The fourth-order valence-corrected chi connectivity index (χ4v) is 4.28. The van der Waals surface area contributed by atoms with Crippen LogP contribution in [-0.4, -0.2) is 35.0 Å². The molecule has 0 radical (unpaired) electrons. The third-order valence-electron chi connectivity index (χ3n) is 6.20. The molecule has 2 heterocycles. The maximum absolute atomic E-state index is 12.8. The number of piperidine rings is 1. The molecule has 0 spiro atoms. The summed E-state index contributed by atoms with van der Waals surface area (Å²) in [6, 6.07) is 20.8. The van der Waals surface area contributed by atoms with E-state index in [1.54, 1.807) is 0 Å². The van der Waals surface area contributed by atoms with E-state index in [0.717, 1.165) is 56.0 Å². The average molecular weight is 429 g/mol. The Morgan fingerprint density at radius 2 is 1.88 bits per heavy atom. The SMILES string of the molecule is Cc1cccc(-c2nccc(N3CCC(C(=O)NC(C)CCc4ccccc4)CC3)n2)c1. The molecule has 1 aliphatic heterocycles. The van der Waals surface area contributed by atoms with Crippen LogP contribution in [0.3, 0.4) is 0 Å². The van der Waals surface area contributed by atoms with E-state index < -0.39 is 0 Å². The van der Waals surface area contributed by atoms with Crippen LogP contribution in [-0.2, 0) is 11.2 Å². The molecule has 0 bridgehead atoms. The fourth-order valence-electron chi connectivity index (χ4n) is 4.28. The fraction of sp³-hybridized carbons (Fsp3) is 0.370. The van der Waals surface area contributed by atoms with Crippen LogP contribution in [0.5, 0.6) is 0 Å². The minimum atomic E-state index is 0.0727. The number of aryl methyl sites for hydroxylation is 2. The van der Waals surface area contributed by atoms with Crippen LogP contribution >= 0.6 is 0 Å². The molecule has 4 rings (SSSR count). The lowest BCUT2D eigenvalue weighted by molar-refractivity contribution is -0.126. The van der Waals surface area contributed by atoms with Gasteiger partial charge >= 0.3 is 0 Å². The van der Waals surface area contributed by atoms with Gasteiger partial charge in [-0.15, -0.1) is 0 Å². The zero-order valence-corrected chi connectivity index (χ0v) is 19.0. The van der Waals surface area contributed by atoms with E-state index in [0.29, 0.717) is 0 Å². The first-order chi connectivity index (χ1) is 15.6. The summed E-state index contributed by atoms with van der Waals surface area (Å²) in [5.41, 5.74) is 3.55. The highest BCUT2D eigenvalue weighted by Gasteiger charge is 2.26. The minimum absolute atomic E-state index is 0.0727. The second kappa shape index (κ2) is 10.4. The van der Waals surface area contributed by atoms with Gasteiger partial charge in [-0.3, -0.25) is 4.79 Å². The average Bonchev–Trinajstić information content (AvgIpc) is 2.83. The zero-order chi connectivity index (χ0) is 22.3. The zero-order valence-electron chi connectivity index (χ0n) is 19.0. The Bertz CT molecular complexity index is 1030. The Balaban J connectivity index is 1.28. The molecule has 1 aromatic heterocycles. The van der Waals surface area contributed by atoms with E-state index in [4.69, 9.17) is 4.98 Å². The van der Waals surface area contributed by atoms with E-state index >= 15 is 0 Å². The number of benzene rings is 2. The number of amides is 1. The van der Waals surface area contributed by atoms with Gasteiger partial charge in [-0.25, -0.2) is 9.97 Å². The number of carbonyl (C=O) groups excluding carboxylic acids is 1. The Morgan fingerprint density at radius 3 is 2.62 bits per heavy atom. The molecule has 1 fully saturated rings. The Hall–Kier alpha value is -3.21. The van der Waals surface area contributed by atoms with Gasteiger partial charge in [0.05, 0.1) is 0 Å². The van der Waals surface area contributed by atoms with E-state index in [2.05, 4.69) is 65.4 Å². The normalized spacial score (nSPS) is 15.4. The van der Waals surface area contributed by atoms with Crippen molar-refractivity contribution in [2.75, 3.05) is 18.0 Å². The van der Waals surface area contributed by atoms with Crippen LogP contribution in [0.4, 0.5) is 5.82 Å². The smallest absolute Gasteiger partial charge is 0.223 e. The van der Waals surface area contributed by atoms with E-state index in [1.165, 1.54) is 11.1 Å². The van der Waals surface area contributed by atoms with Crippen molar-refractivity contribution in [3.05, 3.63) is 78.0 Å². The van der Waals surface area contributed by atoms with E-state index in [9.17, 15) is 4.79 Å². The number of anilines is 1. The lowest BCUT2D eigenvalue weighted by atomic mass is 9.95. The van der Waals surface area contributed by atoms with Gasteiger partial charge in [0.15, 0.2) is 5.82 Å². The molecule has 5 nitrogen and oxygen atoms in total. The molecule has 5 heteroatoms. The van der Waals surface area contributed by atoms with Crippen LogP contribution in [0.2, 0.25) is 0 Å². The third-order valence-corrected chi connectivity index (χ3v) is 6.20. The Kier molecular flexibility index (Phi) is 7.15. The highest BCUT2D eigenvalue weighted by Crippen LogP contribution is 2.24. The first-order valence-corrected chi connectivity index (χ1v) is 11.6. The summed E-state index contributed by atoms with van der Waals surface area (Å²) >= 11 is 0. The highest BCUT2D eigenvalue weighted by atomic mass is 16.1. The molecular weight excluding hydrogens is 396 g/mol. The maximum Gasteiger partial charge on any atom is 0.223 e. The van der Waals surface area contributed by atoms with Gasteiger partial charge in [0, 0.05) is 36.8 Å². The molecule has 0 saturated carbocycles. The highest BCUT2D eigenvalue weighted by molar-refractivity contribution is 5.79. The van der Waals surface area contributed by atoms with Gasteiger partial charge in [0.2, 0.25) is 5.91 Å². The van der Waals surface area contributed by atoms with Crippen molar-refractivity contribution in [3.63, 3.8) is 0 Å². The molecule has 1 amide bonds. The Labute approximate surface area is 190 Å². The molecule has 1 atom stereocenters. The number of rotatable bonds is 7. The molecule has 2 aromatic carbocycles. The molecule has 1 aliphatic rings. The third kappa shape index (κ3) is 5.72. The van der Waals surface area contributed by atoms with Crippen molar-refractivity contribution < 1.29 is 4.79 Å². The molecule has 1 unspecified atom stereocenters. The molecule has 1 saturated heterocycles. The van der Waals surface area contributed by atoms with Gasteiger partial charge in [-0.05, 0) is 57.2 Å². The van der Waals surface area contributed by atoms with E-state index in [-0.39, 0.29) is 17.9 Å². The molecule has 0 aliphatic carbocycles. The molecular formula is C27H32N4O. The van der Waals surface area contributed by atoms with Gasteiger partial charge in [0.1, 0.15) is 5.82 Å². The lowest BCUT2D eigenvalue weighted by Gasteiger charge is -2.32. The molecule has 3 aromatic rings. The van der Waals surface area contributed by atoms with Crippen molar-refractivity contribution in [3.8, 4) is 11.4 Å². The van der Waals surface area contributed by atoms with Crippen molar-refractivity contribution >= 4 is 11.7 Å². The molecule has 1 N–H and O–H groups in total. The predicted octanol–water partition coefficient (Wildman–Crippen LogP) is 4.81. The number of nitrogens with one attached hydrogen (secondary N) is 1. The summed E-state index contributed by atoms with van der Waals surface area (Å²) in [6.07, 6.45) is 5.46. The predicted molar refractivity (Wildman–Crippen MR) is 130 cm³/mol. The van der Waals surface area contributed by atoms with Crippen LogP contribution in [0.15, 0.2) is 66.9 Å². The summed E-state index contributed by atoms with van der Waals surface area (Å²) in [4.78, 5) is 24.3. The quantitative estimate of drug-likeness (QED) is 0.587. The number of hydrogen-bond acceptors (Lipinski definition) is 4. The van der Waals surface area contributed by atoms with Crippen molar-refractivity contribution in [2.24, 2.45) is 5.92 Å². The number of carbonyl (C=O) groups is 1. The number of nitrogens with zero attached hydrogens (tertiary/aromatic N) is 3. The van der Waals surface area contributed by atoms with Gasteiger partial charge < -0.3 is 10.2 Å². The van der Waals surface area contributed by atoms with E-state index in [1.807, 2.05) is 30.5 Å². The topological polar surface area (TPSA) is 58.1 Å². The van der Waals surface area contributed by atoms with Crippen LogP contribution in [0, 0.1) is 12.8 Å². The van der Waals surface area contributed by atoms with Crippen LogP contribution < -0.4 is 10.2 Å². The summed E-state index contributed by atoms with van der Waals surface area (Å²) in [6.45, 7) is 5.84. The first-order valence-electron chi connectivity index (χ1n) is 11.6. The minimum Gasteiger partial charge on any atom is -0.356 e. The summed E-state index contributed by atoms with van der Waals surface area (Å²) in [7, 11) is 0. The first kappa shape index (κ1) is 22.0. The lowest BCUT2D eigenvalue weighted by Crippen LogP contribution is -2.43. The second-order valence-electron chi connectivity index (χ2n) is 8.80. The number of hydrogen-bond donors (Lipinski definition) is 1. The van der Waals surface area contributed by atoms with Gasteiger partial charge in [0.25, 0.3) is 0 Å². The second-order valence-corrected chi connectivity index (χ2v) is 8.80. The van der Waals surface area contributed by atoms with Gasteiger partial charge in [-0.1, -0.05) is 54.1 Å². The maximum atomic E-state index is 12.8.